The van der Waals surface area contributed by atoms with E-state index in [0.717, 1.165) is 40.6 Å². The van der Waals surface area contributed by atoms with Gasteiger partial charge in [-0.15, -0.1) is 11.3 Å². The van der Waals surface area contributed by atoms with E-state index in [9.17, 15) is 0 Å². The van der Waals surface area contributed by atoms with Gasteiger partial charge < -0.3 is 5.32 Å². The first-order valence-corrected chi connectivity index (χ1v) is 10.0. The van der Waals surface area contributed by atoms with Gasteiger partial charge in [-0.3, -0.25) is 4.40 Å². The van der Waals surface area contributed by atoms with Gasteiger partial charge in [0.05, 0.1) is 11.4 Å². The average Bonchev–Trinajstić information content (AvgIpc) is 3.34. The number of benzene rings is 2. The number of thiazole rings is 1. The molecule has 0 radical (unpaired) electrons. The highest BCUT2D eigenvalue weighted by Gasteiger charge is 2.22. The standard InChI is InChI=1S/C21H18ClN3S/c22-17-7-5-14(6-8-17)20-19(25-9-10-26-21(25)24-20)13-23-18-11-15-3-1-2-4-16(15)12-18/h1-10,18,23H,11-13H2. The molecule has 0 saturated heterocycles. The number of rotatable bonds is 4. The summed E-state index contributed by atoms with van der Waals surface area (Å²) in [5, 5.41) is 6.59. The summed E-state index contributed by atoms with van der Waals surface area (Å²) in [6.45, 7) is 0.800. The number of halogens is 1. The maximum absolute atomic E-state index is 6.05. The van der Waals surface area contributed by atoms with Gasteiger partial charge in [0.1, 0.15) is 0 Å². The van der Waals surface area contributed by atoms with Crippen LogP contribution in [0.4, 0.5) is 0 Å². The molecule has 1 aliphatic rings. The zero-order valence-electron chi connectivity index (χ0n) is 14.2. The highest BCUT2D eigenvalue weighted by atomic mass is 35.5. The maximum Gasteiger partial charge on any atom is 0.194 e. The topological polar surface area (TPSA) is 29.3 Å². The molecular formula is C21H18ClN3S. The van der Waals surface area contributed by atoms with Crippen molar-refractivity contribution in [1.29, 1.82) is 0 Å². The molecule has 1 aliphatic carbocycles. The lowest BCUT2D eigenvalue weighted by atomic mass is 10.1. The Morgan fingerprint density at radius 2 is 1.81 bits per heavy atom. The summed E-state index contributed by atoms with van der Waals surface area (Å²) in [6, 6.07) is 17.2. The van der Waals surface area contributed by atoms with Gasteiger partial charge in [0.2, 0.25) is 0 Å². The van der Waals surface area contributed by atoms with Crippen molar-refractivity contribution >= 4 is 27.9 Å². The van der Waals surface area contributed by atoms with Gasteiger partial charge in [0.25, 0.3) is 0 Å². The zero-order valence-corrected chi connectivity index (χ0v) is 15.7. The Balaban J connectivity index is 1.42. The van der Waals surface area contributed by atoms with E-state index < -0.39 is 0 Å². The van der Waals surface area contributed by atoms with Crippen LogP contribution in [0.3, 0.4) is 0 Å². The SMILES string of the molecule is Clc1ccc(-c2nc3sccn3c2CNC2Cc3ccccc3C2)cc1. The van der Waals surface area contributed by atoms with E-state index in [1.165, 1.54) is 16.8 Å². The smallest absolute Gasteiger partial charge is 0.194 e. The van der Waals surface area contributed by atoms with Crippen LogP contribution in [0.1, 0.15) is 16.8 Å². The summed E-state index contributed by atoms with van der Waals surface area (Å²) in [7, 11) is 0. The molecule has 0 unspecified atom stereocenters. The summed E-state index contributed by atoms with van der Waals surface area (Å²) in [4.78, 5) is 5.88. The van der Waals surface area contributed by atoms with Gasteiger partial charge in [-0.05, 0) is 36.1 Å². The number of aromatic nitrogens is 2. The lowest BCUT2D eigenvalue weighted by Gasteiger charge is -2.13. The summed E-state index contributed by atoms with van der Waals surface area (Å²) in [5.41, 5.74) is 6.29. The Morgan fingerprint density at radius 1 is 1.08 bits per heavy atom. The number of imidazole rings is 1. The first-order valence-electron chi connectivity index (χ1n) is 8.78. The van der Waals surface area contributed by atoms with Crippen molar-refractivity contribution in [3.8, 4) is 11.3 Å². The molecule has 0 aliphatic heterocycles. The molecule has 4 aromatic rings. The predicted molar refractivity (Wildman–Crippen MR) is 108 cm³/mol. The van der Waals surface area contributed by atoms with Crippen molar-refractivity contribution in [3.63, 3.8) is 0 Å². The van der Waals surface area contributed by atoms with Crippen LogP contribution in [-0.4, -0.2) is 15.4 Å². The molecule has 2 aromatic carbocycles. The Labute approximate surface area is 161 Å². The third-order valence-electron chi connectivity index (χ3n) is 5.09. The van der Waals surface area contributed by atoms with Crippen molar-refractivity contribution < 1.29 is 0 Å². The second-order valence-electron chi connectivity index (χ2n) is 6.72. The van der Waals surface area contributed by atoms with E-state index in [0.29, 0.717) is 6.04 Å². The second kappa shape index (κ2) is 6.54. The van der Waals surface area contributed by atoms with Crippen LogP contribution in [0.25, 0.3) is 16.2 Å². The first-order chi connectivity index (χ1) is 12.8. The Bertz CT molecular complexity index is 1040. The van der Waals surface area contributed by atoms with Gasteiger partial charge in [-0.1, -0.05) is 48.0 Å². The number of hydrogen-bond donors (Lipinski definition) is 1. The predicted octanol–water partition coefficient (Wildman–Crippen LogP) is 4.97. The average molecular weight is 380 g/mol. The molecule has 3 nitrogen and oxygen atoms in total. The van der Waals surface area contributed by atoms with E-state index in [4.69, 9.17) is 16.6 Å². The second-order valence-corrected chi connectivity index (χ2v) is 8.03. The third-order valence-corrected chi connectivity index (χ3v) is 6.10. The Hall–Kier alpha value is -2.14. The van der Waals surface area contributed by atoms with Gasteiger partial charge >= 0.3 is 0 Å². The highest BCUT2D eigenvalue weighted by Crippen LogP contribution is 2.28. The van der Waals surface area contributed by atoms with Crippen molar-refractivity contribution in [3.05, 3.63) is 82.0 Å². The van der Waals surface area contributed by atoms with Crippen LogP contribution in [0.5, 0.6) is 0 Å². The molecule has 0 atom stereocenters. The van der Waals surface area contributed by atoms with E-state index in [-0.39, 0.29) is 0 Å². The summed E-state index contributed by atoms with van der Waals surface area (Å²) >= 11 is 7.72. The Kier molecular flexibility index (Phi) is 4.04. The summed E-state index contributed by atoms with van der Waals surface area (Å²) in [5.74, 6) is 0. The van der Waals surface area contributed by atoms with Crippen LogP contribution in [0.2, 0.25) is 5.02 Å². The van der Waals surface area contributed by atoms with E-state index in [2.05, 4.69) is 45.6 Å². The van der Waals surface area contributed by atoms with Crippen molar-refractivity contribution in [2.24, 2.45) is 0 Å². The molecule has 2 heterocycles. The third kappa shape index (κ3) is 2.84. The lowest BCUT2D eigenvalue weighted by molar-refractivity contribution is 0.527. The van der Waals surface area contributed by atoms with Crippen molar-refractivity contribution in [1.82, 2.24) is 14.7 Å². The molecule has 0 fully saturated rings. The molecular weight excluding hydrogens is 362 g/mol. The van der Waals surface area contributed by atoms with Crippen molar-refractivity contribution in [2.45, 2.75) is 25.4 Å². The fourth-order valence-corrected chi connectivity index (χ4v) is 4.64. The van der Waals surface area contributed by atoms with Crippen LogP contribution in [0, 0.1) is 0 Å². The molecule has 0 saturated carbocycles. The molecule has 0 amide bonds. The van der Waals surface area contributed by atoms with Crippen LogP contribution < -0.4 is 5.32 Å². The fourth-order valence-electron chi connectivity index (χ4n) is 3.78. The van der Waals surface area contributed by atoms with Gasteiger partial charge in [0, 0.05) is 34.7 Å². The molecule has 1 N–H and O–H groups in total. The molecule has 130 valence electrons. The van der Waals surface area contributed by atoms with Crippen LogP contribution in [0.15, 0.2) is 60.1 Å². The van der Waals surface area contributed by atoms with E-state index in [1.54, 1.807) is 11.3 Å². The number of hydrogen-bond acceptors (Lipinski definition) is 3. The normalized spacial score (nSPS) is 14.2. The molecule has 0 spiro atoms. The number of nitrogens with zero attached hydrogens (tertiary/aromatic N) is 2. The monoisotopic (exact) mass is 379 g/mol. The minimum Gasteiger partial charge on any atom is -0.308 e. The van der Waals surface area contributed by atoms with Gasteiger partial charge in [-0.2, -0.15) is 0 Å². The number of fused-ring (bicyclic) bond motifs is 2. The molecule has 5 rings (SSSR count). The molecule has 5 heteroatoms. The van der Waals surface area contributed by atoms with E-state index in [1.807, 2.05) is 24.3 Å². The maximum atomic E-state index is 6.05. The van der Waals surface area contributed by atoms with Crippen LogP contribution in [-0.2, 0) is 19.4 Å². The zero-order chi connectivity index (χ0) is 17.5. The number of nitrogens with one attached hydrogen (secondary N) is 1. The minimum absolute atomic E-state index is 0.481. The fraction of sp³-hybridized carbons (Fsp3) is 0.190. The quantitative estimate of drug-likeness (QED) is 0.542. The highest BCUT2D eigenvalue weighted by molar-refractivity contribution is 7.15. The van der Waals surface area contributed by atoms with Gasteiger partial charge in [0.15, 0.2) is 4.96 Å². The van der Waals surface area contributed by atoms with Crippen molar-refractivity contribution in [2.75, 3.05) is 0 Å². The van der Waals surface area contributed by atoms with Gasteiger partial charge in [-0.25, -0.2) is 4.98 Å². The summed E-state index contributed by atoms with van der Waals surface area (Å²) < 4.78 is 2.20. The van der Waals surface area contributed by atoms with E-state index >= 15 is 0 Å². The first kappa shape index (κ1) is 16.1. The Morgan fingerprint density at radius 3 is 2.54 bits per heavy atom. The van der Waals surface area contributed by atoms with Crippen LogP contribution >= 0.6 is 22.9 Å². The minimum atomic E-state index is 0.481. The largest absolute Gasteiger partial charge is 0.308 e. The lowest BCUT2D eigenvalue weighted by Crippen LogP contribution is -2.29. The molecule has 2 aromatic heterocycles. The molecule has 0 bridgehead atoms. The summed E-state index contributed by atoms with van der Waals surface area (Å²) in [6.07, 6.45) is 4.29. The molecule has 26 heavy (non-hydrogen) atoms.